The van der Waals surface area contributed by atoms with Gasteiger partial charge in [-0.3, -0.25) is 9.59 Å². The van der Waals surface area contributed by atoms with Gasteiger partial charge < -0.3 is 15.0 Å². The van der Waals surface area contributed by atoms with Crippen molar-refractivity contribution in [3.05, 3.63) is 58.5 Å². The van der Waals surface area contributed by atoms with Crippen LogP contribution in [-0.4, -0.2) is 17.0 Å². The number of amides is 1. The summed E-state index contributed by atoms with van der Waals surface area (Å²) >= 11 is 0. The molecule has 0 saturated carbocycles. The number of para-hydroxylation sites is 1. The summed E-state index contributed by atoms with van der Waals surface area (Å²) in [6.45, 7) is 1.42. The third-order valence-electron chi connectivity index (χ3n) is 2.91. The molecule has 0 fully saturated rings. The summed E-state index contributed by atoms with van der Waals surface area (Å²) in [6, 6.07) is 9.00. The van der Waals surface area contributed by atoms with Crippen LogP contribution in [0.1, 0.15) is 12.5 Å². The number of carbonyl (C=O) groups is 1. The predicted molar refractivity (Wildman–Crippen MR) is 77.2 cm³/mol. The molecule has 5 nitrogen and oxygen atoms in total. The van der Waals surface area contributed by atoms with Crippen molar-refractivity contribution in [3.8, 4) is 5.75 Å². The summed E-state index contributed by atoms with van der Waals surface area (Å²) in [5.74, 6) is -0.313. The number of hydrogen-bond acceptors (Lipinski definition) is 3. The smallest absolute Gasteiger partial charge is 0.417 e. The monoisotopic (exact) mass is 326 g/mol. The molecule has 1 atom stereocenters. The van der Waals surface area contributed by atoms with Crippen molar-refractivity contribution in [3.63, 3.8) is 0 Å². The third kappa shape index (κ3) is 4.35. The van der Waals surface area contributed by atoms with Crippen molar-refractivity contribution in [1.29, 1.82) is 0 Å². The van der Waals surface area contributed by atoms with Crippen LogP contribution in [0.25, 0.3) is 0 Å². The molecule has 122 valence electrons. The van der Waals surface area contributed by atoms with E-state index >= 15 is 0 Å². The lowest BCUT2D eigenvalue weighted by Gasteiger charge is -2.15. The van der Waals surface area contributed by atoms with Crippen LogP contribution in [0.2, 0.25) is 0 Å². The topological polar surface area (TPSA) is 71.2 Å². The van der Waals surface area contributed by atoms with Gasteiger partial charge in [-0.25, -0.2) is 0 Å². The number of alkyl halides is 3. The Balaban J connectivity index is 2.12. The Hall–Kier alpha value is -2.77. The minimum absolute atomic E-state index is 0.424. The van der Waals surface area contributed by atoms with Crippen molar-refractivity contribution in [2.75, 3.05) is 5.32 Å². The zero-order valence-electron chi connectivity index (χ0n) is 12.0. The molecule has 2 rings (SSSR count). The zero-order chi connectivity index (χ0) is 17.0. The maximum absolute atomic E-state index is 12.6. The molecule has 1 amide bonds. The van der Waals surface area contributed by atoms with Gasteiger partial charge >= 0.3 is 6.18 Å². The summed E-state index contributed by atoms with van der Waals surface area (Å²) in [5, 5.41) is 2.14. The Morgan fingerprint density at radius 2 is 1.91 bits per heavy atom. The first-order chi connectivity index (χ1) is 10.8. The normalized spacial score (nSPS) is 12.5. The van der Waals surface area contributed by atoms with Crippen molar-refractivity contribution < 1.29 is 22.7 Å². The SMILES string of the molecule is C[C@@H](Oc1ccccc1)C(=O)Nc1cc(C(F)(F)F)c[nH]c1=O. The summed E-state index contributed by atoms with van der Waals surface area (Å²) in [7, 11) is 0. The molecular weight excluding hydrogens is 313 g/mol. The van der Waals surface area contributed by atoms with Crippen LogP contribution in [0.4, 0.5) is 18.9 Å². The van der Waals surface area contributed by atoms with Gasteiger partial charge in [0, 0.05) is 6.20 Å². The molecule has 2 aromatic rings. The second-order valence-electron chi connectivity index (χ2n) is 4.69. The quantitative estimate of drug-likeness (QED) is 0.907. The number of hydrogen-bond donors (Lipinski definition) is 2. The van der Waals surface area contributed by atoms with Crippen LogP contribution in [0.5, 0.6) is 5.75 Å². The van der Waals surface area contributed by atoms with E-state index < -0.39 is 35.0 Å². The van der Waals surface area contributed by atoms with Crippen LogP contribution < -0.4 is 15.6 Å². The number of ether oxygens (including phenoxy) is 1. The molecule has 8 heteroatoms. The highest BCUT2D eigenvalue weighted by Crippen LogP contribution is 2.29. The molecule has 2 N–H and O–H groups in total. The largest absolute Gasteiger partial charge is 0.481 e. The van der Waals surface area contributed by atoms with Crippen LogP contribution in [-0.2, 0) is 11.0 Å². The van der Waals surface area contributed by atoms with Crippen LogP contribution >= 0.6 is 0 Å². The summed E-state index contributed by atoms with van der Waals surface area (Å²) < 4.78 is 43.2. The molecule has 0 bridgehead atoms. The lowest BCUT2D eigenvalue weighted by molar-refractivity contribution is -0.137. The van der Waals surface area contributed by atoms with Gasteiger partial charge in [-0.1, -0.05) is 18.2 Å². The van der Waals surface area contributed by atoms with E-state index in [2.05, 4.69) is 5.32 Å². The maximum Gasteiger partial charge on any atom is 0.417 e. The van der Waals surface area contributed by atoms with Gasteiger partial charge in [0.2, 0.25) is 0 Å². The molecule has 0 radical (unpaired) electrons. The van der Waals surface area contributed by atoms with E-state index in [9.17, 15) is 22.8 Å². The summed E-state index contributed by atoms with van der Waals surface area (Å²) in [5.41, 5.74) is -2.39. The Morgan fingerprint density at radius 3 is 2.52 bits per heavy atom. The summed E-state index contributed by atoms with van der Waals surface area (Å²) in [4.78, 5) is 25.4. The molecule has 0 unspecified atom stereocenters. The molecule has 23 heavy (non-hydrogen) atoms. The minimum Gasteiger partial charge on any atom is -0.481 e. The van der Waals surface area contributed by atoms with Crippen molar-refractivity contribution in [2.24, 2.45) is 0 Å². The predicted octanol–water partition coefficient (Wildman–Crippen LogP) is 2.80. The van der Waals surface area contributed by atoms with E-state index in [1.807, 2.05) is 4.98 Å². The number of nitrogens with one attached hydrogen (secondary N) is 2. The third-order valence-corrected chi connectivity index (χ3v) is 2.91. The highest BCUT2D eigenvalue weighted by Gasteiger charge is 2.31. The zero-order valence-corrected chi connectivity index (χ0v) is 12.0. The fourth-order valence-corrected chi connectivity index (χ4v) is 1.73. The molecular formula is C15H13F3N2O3. The molecule has 0 spiro atoms. The fourth-order valence-electron chi connectivity index (χ4n) is 1.73. The Kier molecular flexibility index (Phi) is 4.73. The van der Waals surface area contributed by atoms with Gasteiger partial charge in [0.05, 0.1) is 5.56 Å². The first kappa shape index (κ1) is 16.6. The van der Waals surface area contributed by atoms with Crippen molar-refractivity contribution in [2.45, 2.75) is 19.2 Å². The molecule has 0 saturated heterocycles. The number of anilines is 1. The Labute approximate surface area is 129 Å². The Morgan fingerprint density at radius 1 is 1.26 bits per heavy atom. The molecule has 1 aromatic heterocycles. The van der Waals surface area contributed by atoms with Gasteiger partial charge in [-0.2, -0.15) is 13.2 Å². The molecule has 1 aromatic carbocycles. The van der Waals surface area contributed by atoms with Crippen LogP contribution in [0, 0.1) is 0 Å². The van der Waals surface area contributed by atoms with Crippen LogP contribution in [0.3, 0.4) is 0 Å². The van der Waals surface area contributed by atoms with Gasteiger partial charge in [-0.05, 0) is 25.1 Å². The number of aromatic nitrogens is 1. The first-order valence-corrected chi connectivity index (χ1v) is 6.60. The standard InChI is InChI=1S/C15H13F3N2O3/c1-9(23-11-5-3-2-4-6-11)13(21)20-12-7-10(15(16,17)18)8-19-14(12)22/h2-9H,1H3,(H,19,22)(H,20,21)/t9-/m1/s1. The average Bonchev–Trinajstić information content (AvgIpc) is 2.49. The fraction of sp³-hybridized carbons (Fsp3) is 0.200. The number of pyridine rings is 1. The van der Waals surface area contributed by atoms with Gasteiger partial charge in [0.1, 0.15) is 11.4 Å². The lowest BCUT2D eigenvalue weighted by atomic mass is 10.2. The second-order valence-corrected chi connectivity index (χ2v) is 4.69. The number of benzene rings is 1. The van der Waals surface area contributed by atoms with E-state index in [0.717, 1.165) is 0 Å². The first-order valence-electron chi connectivity index (χ1n) is 6.60. The summed E-state index contributed by atoms with van der Waals surface area (Å²) in [6.07, 6.45) is -5.08. The minimum atomic E-state index is -4.63. The van der Waals surface area contributed by atoms with E-state index in [0.29, 0.717) is 18.0 Å². The van der Waals surface area contributed by atoms with Crippen molar-refractivity contribution in [1.82, 2.24) is 4.98 Å². The molecule has 0 aliphatic heterocycles. The van der Waals surface area contributed by atoms with Gasteiger partial charge in [0.15, 0.2) is 6.10 Å². The number of aromatic amines is 1. The highest BCUT2D eigenvalue weighted by molar-refractivity contribution is 5.94. The lowest BCUT2D eigenvalue weighted by Crippen LogP contribution is -2.32. The second kappa shape index (κ2) is 6.55. The number of halogens is 3. The van der Waals surface area contributed by atoms with Crippen LogP contribution in [0.15, 0.2) is 47.4 Å². The Bertz CT molecular complexity index is 742. The highest BCUT2D eigenvalue weighted by atomic mass is 19.4. The number of carbonyl (C=O) groups excluding carboxylic acids is 1. The van der Waals surface area contributed by atoms with E-state index in [-0.39, 0.29) is 0 Å². The molecule has 0 aliphatic rings. The van der Waals surface area contributed by atoms with Gasteiger partial charge in [-0.15, -0.1) is 0 Å². The number of rotatable bonds is 4. The molecule has 1 heterocycles. The molecule has 0 aliphatic carbocycles. The van der Waals surface area contributed by atoms with Gasteiger partial charge in [0.25, 0.3) is 11.5 Å². The maximum atomic E-state index is 12.6. The number of H-pyrrole nitrogens is 1. The van der Waals surface area contributed by atoms with E-state index in [1.54, 1.807) is 30.3 Å². The van der Waals surface area contributed by atoms with E-state index in [4.69, 9.17) is 4.74 Å². The van der Waals surface area contributed by atoms with E-state index in [1.165, 1.54) is 6.92 Å². The average molecular weight is 326 g/mol. The van der Waals surface area contributed by atoms with Crippen molar-refractivity contribution >= 4 is 11.6 Å².